The molecule has 0 N–H and O–H groups in total. The third-order valence-corrected chi connectivity index (χ3v) is 3.92. The molecule has 4 nitrogen and oxygen atoms in total. The molecular weight excluding hydrogens is 276 g/mol. The number of hydrogen-bond donors (Lipinski definition) is 0. The van der Waals surface area contributed by atoms with Gasteiger partial charge in [0.25, 0.3) is 0 Å². The molecule has 0 atom stereocenters. The Morgan fingerprint density at radius 1 is 1.05 bits per heavy atom. The van der Waals surface area contributed by atoms with Crippen molar-refractivity contribution in [1.82, 2.24) is 20.2 Å². The molecule has 19 heavy (non-hydrogen) atoms. The summed E-state index contributed by atoms with van der Waals surface area (Å²) in [5.41, 5.74) is 2.84. The van der Waals surface area contributed by atoms with Gasteiger partial charge in [0.15, 0.2) is 0 Å². The van der Waals surface area contributed by atoms with Gasteiger partial charge in [0.05, 0.1) is 11.9 Å². The lowest BCUT2D eigenvalue weighted by Crippen LogP contribution is -1.92. The fourth-order valence-electron chi connectivity index (χ4n) is 1.61. The molecule has 0 fully saturated rings. The maximum absolute atomic E-state index is 4.61. The Balaban J connectivity index is 1.97. The molecule has 0 aliphatic heterocycles. The minimum absolute atomic E-state index is 0.661. The summed E-state index contributed by atoms with van der Waals surface area (Å²) >= 11 is 3.04. The van der Waals surface area contributed by atoms with E-state index in [1.165, 1.54) is 11.8 Å². The summed E-state index contributed by atoms with van der Waals surface area (Å²) in [5, 5.41) is 11.4. The summed E-state index contributed by atoms with van der Waals surface area (Å²) in [6.07, 6.45) is 3.57. The molecule has 0 aliphatic carbocycles. The van der Waals surface area contributed by atoms with Crippen LogP contribution in [0.4, 0.5) is 0 Å². The van der Waals surface area contributed by atoms with E-state index < -0.39 is 0 Å². The molecule has 3 rings (SSSR count). The van der Waals surface area contributed by atoms with Crippen LogP contribution in [0.5, 0.6) is 0 Å². The fourth-order valence-corrected chi connectivity index (χ4v) is 2.71. The Bertz CT molecular complexity index is 682. The van der Waals surface area contributed by atoms with Crippen molar-refractivity contribution in [3.05, 3.63) is 41.9 Å². The second-order valence-corrected chi connectivity index (χ2v) is 5.36. The zero-order chi connectivity index (χ0) is 13.1. The molecular formula is C13H10N4S2. The first-order valence-electron chi connectivity index (χ1n) is 5.62. The number of thioether (sulfide) groups is 1. The third kappa shape index (κ3) is 2.64. The molecule has 2 heterocycles. The van der Waals surface area contributed by atoms with Gasteiger partial charge in [0, 0.05) is 10.9 Å². The van der Waals surface area contributed by atoms with Gasteiger partial charge in [0.2, 0.25) is 5.16 Å². The number of hydrogen-bond acceptors (Lipinski definition) is 6. The molecule has 3 aromatic rings. The third-order valence-electron chi connectivity index (χ3n) is 2.51. The van der Waals surface area contributed by atoms with Gasteiger partial charge in [-0.3, -0.25) is 0 Å². The number of benzene rings is 1. The van der Waals surface area contributed by atoms with Crippen LogP contribution >= 0.6 is 23.1 Å². The van der Waals surface area contributed by atoms with Gasteiger partial charge in [-0.05, 0) is 6.26 Å². The Morgan fingerprint density at radius 2 is 1.89 bits per heavy atom. The Morgan fingerprint density at radius 3 is 2.68 bits per heavy atom. The van der Waals surface area contributed by atoms with Gasteiger partial charge in [-0.25, -0.2) is 9.97 Å². The number of thiazole rings is 1. The highest BCUT2D eigenvalue weighted by molar-refractivity contribution is 7.98. The van der Waals surface area contributed by atoms with Crippen molar-refractivity contribution in [3.8, 4) is 22.0 Å². The SMILES string of the molecule is CSc1nncc(-c2nc(-c3ccccc3)cs2)n1. The van der Waals surface area contributed by atoms with Gasteiger partial charge in [-0.2, -0.15) is 5.10 Å². The smallest absolute Gasteiger partial charge is 0.209 e. The molecule has 0 unspecified atom stereocenters. The highest BCUT2D eigenvalue weighted by atomic mass is 32.2. The van der Waals surface area contributed by atoms with E-state index in [2.05, 4.69) is 20.2 Å². The van der Waals surface area contributed by atoms with Crippen molar-refractivity contribution in [2.75, 3.05) is 6.26 Å². The summed E-state index contributed by atoms with van der Waals surface area (Å²) in [4.78, 5) is 9.01. The van der Waals surface area contributed by atoms with Crippen LogP contribution in [0.2, 0.25) is 0 Å². The summed E-state index contributed by atoms with van der Waals surface area (Å²) < 4.78 is 0. The average Bonchev–Trinajstić information content (AvgIpc) is 2.98. The van der Waals surface area contributed by atoms with E-state index in [4.69, 9.17) is 0 Å². The molecule has 94 valence electrons. The van der Waals surface area contributed by atoms with E-state index in [1.807, 2.05) is 42.0 Å². The molecule has 0 aliphatic rings. The van der Waals surface area contributed by atoms with Crippen molar-refractivity contribution in [3.63, 3.8) is 0 Å². The first-order chi connectivity index (χ1) is 9.36. The quantitative estimate of drug-likeness (QED) is 0.691. The predicted molar refractivity (Wildman–Crippen MR) is 78.2 cm³/mol. The van der Waals surface area contributed by atoms with Gasteiger partial charge >= 0.3 is 0 Å². The Hall–Kier alpha value is -1.79. The van der Waals surface area contributed by atoms with Crippen molar-refractivity contribution in [2.45, 2.75) is 5.16 Å². The van der Waals surface area contributed by atoms with Crippen LogP contribution in [0, 0.1) is 0 Å². The molecule has 0 spiro atoms. The van der Waals surface area contributed by atoms with Gasteiger partial charge in [-0.15, -0.1) is 16.4 Å². The molecule has 0 amide bonds. The molecule has 1 aromatic carbocycles. The van der Waals surface area contributed by atoms with Crippen LogP contribution in [0.1, 0.15) is 0 Å². The standard InChI is InChI=1S/C13H10N4S2/c1-18-13-16-10(7-14-17-13)12-15-11(8-19-12)9-5-3-2-4-6-9/h2-8H,1H3. The normalized spacial score (nSPS) is 10.6. The van der Waals surface area contributed by atoms with E-state index in [9.17, 15) is 0 Å². The Labute approximate surface area is 119 Å². The van der Waals surface area contributed by atoms with Crippen LogP contribution < -0.4 is 0 Å². The van der Waals surface area contributed by atoms with Crippen LogP contribution in [-0.4, -0.2) is 26.4 Å². The second kappa shape index (κ2) is 5.46. The van der Waals surface area contributed by atoms with Crippen molar-refractivity contribution >= 4 is 23.1 Å². The molecule has 0 bridgehead atoms. The van der Waals surface area contributed by atoms with Crippen molar-refractivity contribution in [1.29, 1.82) is 0 Å². The fraction of sp³-hybridized carbons (Fsp3) is 0.0769. The first-order valence-corrected chi connectivity index (χ1v) is 7.72. The van der Waals surface area contributed by atoms with Crippen LogP contribution in [0.3, 0.4) is 0 Å². The van der Waals surface area contributed by atoms with Crippen LogP contribution in [0.25, 0.3) is 22.0 Å². The lowest BCUT2D eigenvalue weighted by atomic mass is 10.2. The maximum Gasteiger partial charge on any atom is 0.209 e. The summed E-state index contributed by atoms with van der Waals surface area (Å²) in [5.74, 6) is 0. The lowest BCUT2D eigenvalue weighted by molar-refractivity contribution is 0.845. The highest BCUT2D eigenvalue weighted by Gasteiger charge is 2.09. The van der Waals surface area contributed by atoms with E-state index in [-0.39, 0.29) is 0 Å². The van der Waals surface area contributed by atoms with Crippen molar-refractivity contribution < 1.29 is 0 Å². The van der Waals surface area contributed by atoms with Crippen LogP contribution in [-0.2, 0) is 0 Å². The minimum atomic E-state index is 0.661. The highest BCUT2D eigenvalue weighted by Crippen LogP contribution is 2.27. The Kier molecular flexibility index (Phi) is 3.52. The molecule has 0 saturated carbocycles. The van der Waals surface area contributed by atoms with E-state index in [0.717, 1.165) is 22.0 Å². The molecule has 0 radical (unpaired) electrons. The van der Waals surface area contributed by atoms with Crippen molar-refractivity contribution in [2.24, 2.45) is 0 Å². The summed E-state index contributed by atoms with van der Waals surface area (Å²) in [6.45, 7) is 0. The van der Waals surface area contributed by atoms with E-state index in [0.29, 0.717) is 5.16 Å². The average molecular weight is 286 g/mol. The number of aromatic nitrogens is 4. The largest absolute Gasteiger partial charge is 0.234 e. The summed E-state index contributed by atoms with van der Waals surface area (Å²) in [6, 6.07) is 10.1. The first kappa shape index (κ1) is 12.3. The molecule has 2 aromatic heterocycles. The van der Waals surface area contributed by atoms with Gasteiger partial charge < -0.3 is 0 Å². The number of nitrogens with zero attached hydrogens (tertiary/aromatic N) is 4. The lowest BCUT2D eigenvalue weighted by Gasteiger charge is -1.97. The molecule has 0 saturated heterocycles. The molecule has 6 heteroatoms. The maximum atomic E-state index is 4.61. The predicted octanol–water partition coefficient (Wildman–Crippen LogP) is 3.38. The number of rotatable bonds is 3. The topological polar surface area (TPSA) is 51.6 Å². The van der Waals surface area contributed by atoms with Gasteiger partial charge in [0.1, 0.15) is 10.7 Å². The van der Waals surface area contributed by atoms with Crippen LogP contribution in [0.15, 0.2) is 47.1 Å². The van der Waals surface area contributed by atoms with Gasteiger partial charge in [-0.1, -0.05) is 42.1 Å². The zero-order valence-electron chi connectivity index (χ0n) is 10.1. The second-order valence-electron chi connectivity index (χ2n) is 3.73. The minimum Gasteiger partial charge on any atom is -0.234 e. The summed E-state index contributed by atoms with van der Waals surface area (Å²) in [7, 11) is 0. The zero-order valence-corrected chi connectivity index (χ0v) is 11.8. The van der Waals surface area contributed by atoms with E-state index >= 15 is 0 Å². The monoisotopic (exact) mass is 286 g/mol. The van der Waals surface area contributed by atoms with E-state index in [1.54, 1.807) is 17.5 Å².